The van der Waals surface area contributed by atoms with Crippen molar-refractivity contribution in [3.8, 4) is 0 Å². The highest BCUT2D eigenvalue weighted by Gasteiger charge is 2.42. The van der Waals surface area contributed by atoms with E-state index in [2.05, 4.69) is 10.2 Å². The number of nitrogens with one attached hydrogen (secondary N) is 1. The summed E-state index contributed by atoms with van der Waals surface area (Å²) < 4.78 is 52.1. The van der Waals surface area contributed by atoms with Crippen molar-refractivity contribution in [3.05, 3.63) is 70.5 Å². The molecule has 2 fully saturated rings. The summed E-state index contributed by atoms with van der Waals surface area (Å²) in [5.74, 6) is -1.66. The summed E-state index contributed by atoms with van der Waals surface area (Å²) in [6, 6.07) is 12.6. The van der Waals surface area contributed by atoms with Gasteiger partial charge in [0.1, 0.15) is 12.2 Å². The topological polar surface area (TPSA) is 52.7 Å². The molecular formula is C25H26ClF4N3O2. The third kappa shape index (κ3) is 6.32. The predicted molar refractivity (Wildman–Crippen MR) is 123 cm³/mol. The lowest BCUT2D eigenvalue weighted by atomic mass is 10.0. The second kappa shape index (κ2) is 10.5. The van der Waals surface area contributed by atoms with Crippen LogP contribution in [0.1, 0.15) is 34.8 Å². The van der Waals surface area contributed by atoms with E-state index in [0.717, 1.165) is 18.7 Å². The SMILES string of the molecule is O=C(CC(F)(F)F)NC(CCN1CC2CN(C(=O)c3c(F)cccc3Cl)C[C@@H]2C1)c1ccccc1. The first-order chi connectivity index (χ1) is 16.6. The molecule has 35 heavy (non-hydrogen) atoms. The first-order valence-electron chi connectivity index (χ1n) is 11.5. The molecule has 10 heteroatoms. The number of nitrogens with zero attached hydrogens (tertiary/aromatic N) is 2. The molecule has 4 rings (SSSR count). The van der Waals surface area contributed by atoms with Gasteiger partial charge < -0.3 is 15.1 Å². The van der Waals surface area contributed by atoms with Crippen molar-refractivity contribution in [1.82, 2.24) is 15.1 Å². The fraction of sp³-hybridized carbons (Fsp3) is 0.440. The van der Waals surface area contributed by atoms with Gasteiger partial charge >= 0.3 is 6.18 Å². The van der Waals surface area contributed by atoms with Gasteiger partial charge in [0.25, 0.3) is 5.91 Å². The van der Waals surface area contributed by atoms with Crippen molar-refractivity contribution in [1.29, 1.82) is 0 Å². The minimum absolute atomic E-state index is 0.0909. The van der Waals surface area contributed by atoms with Crippen molar-refractivity contribution in [3.63, 3.8) is 0 Å². The lowest BCUT2D eigenvalue weighted by Gasteiger charge is -2.25. The number of likely N-dealkylation sites (tertiary alicyclic amines) is 2. The van der Waals surface area contributed by atoms with Crippen LogP contribution in [-0.4, -0.2) is 60.5 Å². The van der Waals surface area contributed by atoms with Gasteiger partial charge in [0.05, 0.1) is 16.6 Å². The largest absolute Gasteiger partial charge is 0.397 e. The highest BCUT2D eigenvalue weighted by atomic mass is 35.5. The van der Waals surface area contributed by atoms with Crippen LogP contribution >= 0.6 is 11.6 Å². The van der Waals surface area contributed by atoms with E-state index < -0.39 is 36.3 Å². The highest BCUT2D eigenvalue weighted by molar-refractivity contribution is 6.33. The van der Waals surface area contributed by atoms with Crippen LogP contribution in [0, 0.1) is 17.7 Å². The van der Waals surface area contributed by atoms with E-state index in [0.29, 0.717) is 26.1 Å². The van der Waals surface area contributed by atoms with Crippen molar-refractivity contribution < 1.29 is 27.2 Å². The van der Waals surface area contributed by atoms with Gasteiger partial charge in [-0.25, -0.2) is 4.39 Å². The van der Waals surface area contributed by atoms with Gasteiger partial charge in [-0.1, -0.05) is 48.0 Å². The Kier molecular flexibility index (Phi) is 7.66. The van der Waals surface area contributed by atoms with Crippen LogP contribution in [0.2, 0.25) is 5.02 Å². The molecular weight excluding hydrogens is 486 g/mol. The minimum atomic E-state index is -4.56. The number of hydrogen-bond acceptors (Lipinski definition) is 3. The van der Waals surface area contributed by atoms with E-state index in [-0.39, 0.29) is 22.4 Å². The molecule has 0 aromatic heterocycles. The van der Waals surface area contributed by atoms with Crippen molar-refractivity contribution in [2.24, 2.45) is 11.8 Å². The van der Waals surface area contributed by atoms with Crippen LogP contribution in [0.5, 0.6) is 0 Å². The number of carbonyl (C=O) groups excluding carboxylic acids is 2. The molecule has 0 radical (unpaired) electrons. The normalized spacial score (nSPS) is 21.1. The number of fused-ring (bicyclic) bond motifs is 1. The predicted octanol–water partition coefficient (Wildman–Crippen LogP) is 4.68. The van der Waals surface area contributed by atoms with Crippen LogP contribution < -0.4 is 5.32 Å². The van der Waals surface area contributed by atoms with Crippen LogP contribution in [0.3, 0.4) is 0 Å². The molecule has 0 aliphatic carbocycles. The minimum Gasteiger partial charge on any atom is -0.349 e. The molecule has 2 amide bonds. The zero-order valence-corrected chi connectivity index (χ0v) is 19.7. The molecule has 2 aliphatic heterocycles. The summed E-state index contributed by atoms with van der Waals surface area (Å²) in [6.45, 7) is 3.02. The summed E-state index contributed by atoms with van der Waals surface area (Å²) in [5.41, 5.74) is 0.646. The maximum absolute atomic E-state index is 14.2. The molecule has 2 heterocycles. The molecule has 5 nitrogen and oxygen atoms in total. The first kappa shape index (κ1) is 25.4. The lowest BCUT2D eigenvalue weighted by Crippen LogP contribution is -2.36. The molecule has 188 valence electrons. The molecule has 0 bridgehead atoms. The zero-order chi connectivity index (χ0) is 25.2. The van der Waals surface area contributed by atoms with E-state index in [1.807, 2.05) is 0 Å². The smallest absolute Gasteiger partial charge is 0.349 e. The van der Waals surface area contributed by atoms with E-state index in [1.165, 1.54) is 18.2 Å². The van der Waals surface area contributed by atoms with Gasteiger partial charge in [-0.15, -0.1) is 0 Å². The number of hydrogen-bond donors (Lipinski definition) is 1. The van der Waals surface area contributed by atoms with Gasteiger partial charge in [-0.3, -0.25) is 9.59 Å². The Balaban J connectivity index is 1.33. The average Bonchev–Trinajstić information content (AvgIpc) is 3.35. The van der Waals surface area contributed by atoms with Gasteiger partial charge in [-0.2, -0.15) is 13.2 Å². The third-order valence-electron chi connectivity index (χ3n) is 6.66. The third-order valence-corrected chi connectivity index (χ3v) is 6.97. The van der Waals surface area contributed by atoms with Gasteiger partial charge in [-0.05, 0) is 36.0 Å². The number of halogens is 5. The summed E-state index contributed by atoms with van der Waals surface area (Å²) in [5, 5.41) is 2.62. The number of rotatable bonds is 7. The Morgan fingerprint density at radius 1 is 1.00 bits per heavy atom. The van der Waals surface area contributed by atoms with E-state index in [9.17, 15) is 27.2 Å². The number of benzene rings is 2. The van der Waals surface area contributed by atoms with E-state index in [4.69, 9.17) is 11.6 Å². The van der Waals surface area contributed by atoms with Crippen LogP contribution in [0.4, 0.5) is 17.6 Å². The Hall–Kier alpha value is -2.65. The van der Waals surface area contributed by atoms with Gasteiger partial charge in [0, 0.05) is 32.7 Å². The second-order valence-electron chi connectivity index (χ2n) is 9.20. The Morgan fingerprint density at radius 3 is 2.26 bits per heavy atom. The van der Waals surface area contributed by atoms with Crippen molar-refractivity contribution in [2.75, 3.05) is 32.7 Å². The Morgan fingerprint density at radius 2 is 1.66 bits per heavy atom. The zero-order valence-electron chi connectivity index (χ0n) is 18.9. The number of amides is 2. The summed E-state index contributed by atoms with van der Waals surface area (Å²) in [4.78, 5) is 28.6. The summed E-state index contributed by atoms with van der Waals surface area (Å²) in [7, 11) is 0. The fourth-order valence-electron chi connectivity index (χ4n) is 5.05. The molecule has 2 aromatic carbocycles. The van der Waals surface area contributed by atoms with Crippen molar-refractivity contribution in [2.45, 2.75) is 25.1 Å². The Labute approximate surface area is 206 Å². The van der Waals surface area contributed by atoms with Crippen LogP contribution in [0.15, 0.2) is 48.5 Å². The molecule has 1 N–H and O–H groups in total. The molecule has 3 atom stereocenters. The quantitative estimate of drug-likeness (QED) is 0.549. The highest BCUT2D eigenvalue weighted by Crippen LogP contribution is 2.34. The Bertz CT molecular complexity index is 1030. The van der Waals surface area contributed by atoms with Crippen LogP contribution in [0.25, 0.3) is 0 Å². The summed E-state index contributed by atoms with van der Waals surface area (Å²) >= 11 is 6.05. The van der Waals surface area contributed by atoms with E-state index in [1.54, 1.807) is 35.2 Å². The molecule has 0 spiro atoms. The van der Waals surface area contributed by atoms with E-state index >= 15 is 0 Å². The first-order valence-corrected chi connectivity index (χ1v) is 11.8. The van der Waals surface area contributed by atoms with Crippen molar-refractivity contribution >= 4 is 23.4 Å². The van der Waals surface area contributed by atoms with Gasteiger partial charge in [0.2, 0.25) is 5.91 Å². The maximum Gasteiger partial charge on any atom is 0.397 e. The monoisotopic (exact) mass is 511 g/mol. The molecule has 2 unspecified atom stereocenters. The fourth-order valence-corrected chi connectivity index (χ4v) is 5.29. The summed E-state index contributed by atoms with van der Waals surface area (Å²) in [6.07, 6.45) is -5.62. The number of alkyl halides is 3. The second-order valence-corrected chi connectivity index (χ2v) is 9.61. The lowest BCUT2D eigenvalue weighted by molar-refractivity contribution is -0.154. The molecule has 2 saturated heterocycles. The standard InChI is InChI=1S/C25H26ClF4N3O2/c26-19-7-4-8-20(27)23(19)24(35)33-14-17-12-32(13-18(17)15-33)10-9-21(16-5-2-1-3-6-16)31-22(34)11-25(28,29)30/h1-8,17-18,21H,9-15H2,(H,31,34)/t17-,18?,21?/m0/s1. The average molecular weight is 512 g/mol. The van der Waals surface area contributed by atoms with Gasteiger partial charge in [0.15, 0.2) is 0 Å². The van der Waals surface area contributed by atoms with Crippen LogP contribution in [-0.2, 0) is 4.79 Å². The maximum atomic E-state index is 14.2. The molecule has 2 aromatic rings. The number of carbonyl (C=O) groups is 2. The molecule has 0 saturated carbocycles. The molecule has 2 aliphatic rings.